The Balaban J connectivity index is 1.41. The molecule has 2 fully saturated rings. The molecule has 6 heteroatoms. The third-order valence-electron chi connectivity index (χ3n) is 7.97. The first-order chi connectivity index (χ1) is 19.0. The van der Waals surface area contributed by atoms with Crippen LogP contribution in [-0.4, -0.2) is 41.7 Å². The Hall–Kier alpha value is -3.03. The summed E-state index contributed by atoms with van der Waals surface area (Å²) in [6.45, 7) is 7.44. The predicted molar refractivity (Wildman–Crippen MR) is 153 cm³/mol. The van der Waals surface area contributed by atoms with Crippen LogP contribution in [0.25, 0.3) is 11.1 Å². The fraction of sp³-hybridized carbons (Fsp3) is 0.424. The SMILES string of the molecule is CC(=O)NCc1cccc(-c2cccc(C3OC(CN4CCCCC4)C(C)C(c4ccc(CO)cc4)O3)c2)c1. The van der Waals surface area contributed by atoms with E-state index in [0.29, 0.717) is 6.54 Å². The molecule has 2 N–H and O–H groups in total. The van der Waals surface area contributed by atoms with E-state index in [1.54, 1.807) is 0 Å². The monoisotopic (exact) mass is 528 g/mol. The fourth-order valence-corrected chi connectivity index (χ4v) is 5.68. The molecule has 0 radical (unpaired) electrons. The first-order valence-corrected chi connectivity index (χ1v) is 14.2. The molecule has 0 spiro atoms. The van der Waals surface area contributed by atoms with Crippen LogP contribution in [0.1, 0.15) is 67.8 Å². The van der Waals surface area contributed by atoms with Gasteiger partial charge in [0.2, 0.25) is 5.91 Å². The van der Waals surface area contributed by atoms with Gasteiger partial charge in [-0.2, -0.15) is 0 Å². The van der Waals surface area contributed by atoms with Crippen LogP contribution in [0.15, 0.2) is 72.8 Å². The van der Waals surface area contributed by atoms with Gasteiger partial charge in [-0.15, -0.1) is 0 Å². The van der Waals surface area contributed by atoms with Crippen LogP contribution in [0.5, 0.6) is 0 Å². The smallest absolute Gasteiger partial charge is 0.217 e. The molecule has 0 bridgehead atoms. The van der Waals surface area contributed by atoms with Crippen LogP contribution in [0, 0.1) is 5.92 Å². The van der Waals surface area contributed by atoms with Crippen LogP contribution in [0.3, 0.4) is 0 Å². The summed E-state index contributed by atoms with van der Waals surface area (Å²) in [7, 11) is 0. The molecule has 4 atom stereocenters. The number of amides is 1. The van der Waals surface area contributed by atoms with Crippen molar-refractivity contribution < 1.29 is 19.4 Å². The molecular weight excluding hydrogens is 488 g/mol. The summed E-state index contributed by atoms with van der Waals surface area (Å²) in [5.41, 5.74) is 6.23. The number of aliphatic hydroxyl groups is 1. The minimum absolute atomic E-state index is 0.0312. The van der Waals surface area contributed by atoms with Gasteiger partial charge in [0.05, 0.1) is 18.8 Å². The molecule has 2 aliphatic rings. The number of ether oxygens (including phenoxy) is 2. The van der Waals surface area contributed by atoms with Crippen LogP contribution in [0.4, 0.5) is 0 Å². The summed E-state index contributed by atoms with van der Waals surface area (Å²) in [5, 5.41) is 12.4. The van der Waals surface area contributed by atoms with Gasteiger partial charge in [-0.1, -0.05) is 74.0 Å². The van der Waals surface area contributed by atoms with Crippen molar-refractivity contribution in [3.63, 3.8) is 0 Å². The highest BCUT2D eigenvalue weighted by Gasteiger charge is 2.39. The maximum absolute atomic E-state index is 11.4. The van der Waals surface area contributed by atoms with Gasteiger partial charge in [-0.3, -0.25) is 4.79 Å². The van der Waals surface area contributed by atoms with E-state index in [2.05, 4.69) is 65.7 Å². The van der Waals surface area contributed by atoms with E-state index in [1.165, 1.54) is 26.2 Å². The molecule has 1 amide bonds. The lowest BCUT2D eigenvalue weighted by molar-refractivity contribution is -0.276. The topological polar surface area (TPSA) is 71.0 Å². The molecule has 0 saturated carbocycles. The molecule has 2 heterocycles. The number of nitrogens with zero attached hydrogens (tertiary/aromatic N) is 1. The maximum Gasteiger partial charge on any atom is 0.217 e. The maximum atomic E-state index is 11.4. The minimum atomic E-state index is -0.485. The van der Waals surface area contributed by atoms with Crippen LogP contribution < -0.4 is 5.32 Å². The summed E-state index contributed by atoms with van der Waals surface area (Å²) in [6.07, 6.45) is 3.24. The number of rotatable bonds is 8. The Morgan fingerprint density at radius 2 is 1.62 bits per heavy atom. The lowest BCUT2D eigenvalue weighted by Gasteiger charge is -2.43. The molecule has 0 aliphatic carbocycles. The molecule has 3 aromatic carbocycles. The van der Waals surface area contributed by atoms with E-state index in [0.717, 1.165) is 53.0 Å². The summed E-state index contributed by atoms with van der Waals surface area (Å²) in [5.74, 6) is 0.139. The quantitative estimate of drug-likeness (QED) is 0.389. The summed E-state index contributed by atoms with van der Waals surface area (Å²) < 4.78 is 13.4. The van der Waals surface area contributed by atoms with Crippen molar-refractivity contribution in [1.82, 2.24) is 10.2 Å². The Morgan fingerprint density at radius 3 is 2.33 bits per heavy atom. The zero-order valence-corrected chi connectivity index (χ0v) is 23.0. The van der Waals surface area contributed by atoms with Crippen LogP contribution in [-0.2, 0) is 27.4 Å². The lowest BCUT2D eigenvalue weighted by Crippen LogP contribution is -2.45. The molecule has 4 unspecified atom stereocenters. The van der Waals surface area contributed by atoms with Crippen LogP contribution >= 0.6 is 0 Å². The highest BCUT2D eigenvalue weighted by atomic mass is 16.7. The molecule has 2 aliphatic heterocycles. The summed E-state index contributed by atoms with van der Waals surface area (Å²) >= 11 is 0. The number of benzene rings is 3. The average Bonchev–Trinajstić information content (AvgIpc) is 2.98. The van der Waals surface area contributed by atoms with E-state index in [-0.39, 0.29) is 30.6 Å². The highest BCUT2D eigenvalue weighted by molar-refractivity contribution is 5.73. The molecule has 0 aromatic heterocycles. The normalized spacial score (nSPS) is 23.9. The van der Waals surface area contributed by atoms with Gasteiger partial charge in [0.25, 0.3) is 0 Å². The first-order valence-electron chi connectivity index (χ1n) is 14.2. The van der Waals surface area contributed by atoms with Crippen molar-refractivity contribution in [2.45, 2.75) is 64.8 Å². The Labute approximate surface area is 232 Å². The lowest BCUT2D eigenvalue weighted by atomic mass is 9.89. The van der Waals surface area contributed by atoms with E-state index in [9.17, 15) is 9.90 Å². The van der Waals surface area contributed by atoms with E-state index < -0.39 is 6.29 Å². The van der Waals surface area contributed by atoms with Gasteiger partial charge in [-0.25, -0.2) is 0 Å². The van der Waals surface area contributed by atoms with Crippen LogP contribution in [0.2, 0.25) is 0 Å². The number of hydrogen-bond acceptors (Lipinski definition) is 5. The van der Waals surface area contributed by atoms with Gasteiger partial charge in [-0.05, 0) is 65.9 Å². The van der Waals surface area contributed by atoms with Crippen molar-refractivity contribution >= 4 is 5.91 Å². The third-order valence-corrected chi connectivity index (χ3v) is 7.97. The zero-order valence-electron chi connectivity index (χ0n) is 23.0. The second-order valence-electron chi connectivity index (χ2n) is 10.9. The number of carbonyl (C=O) groups excluding carboxylic acids is 1. The average molecular weight is 529 g/mol. The van der Waals surface area contributed by atoms with Gasteiger partial charge in [0.1, 0.15) is 0 Å². The number of carbonyl (C=O) groups is 1. The van der Waals surface area contributed by atoms with E-state index in [1.807, 2.05) is 24.3 Å². The second-order valence-corrected chi connectivity index (χ2v) is 10.9. The number of aliphatic hydroxyl groups excluding tert-OH is 1. The third kappa shape index (κ3) is 6.95. The van der Waals surface area contributed by atoms with Gasteiger partial charge in [0, 0.05) is 31.5 Å². The number of likely N-dealkylation sites (tertiary alicyclic amines) is 1. The van der Waals surface area contributed by atoms with Gasteiger partial charge >= 0.3 is 0 Å². The zero-order chi connectivity index (χ0) is 27.2. The van der Waals surface area contributed by atoms with Crippen molar-refractivity contribution in [2.75, 3.05) is 19.6 Å². The predicted octanol–water partition coefficient (Wildman–Crippen LogP) is 5.76. The Kier molecular flexibility index (Phi) is 9.09. The standard InChI is InChI=1S/C33H40N2O4/c1-23-31(21-35-16-4-3-5-17-35)38-33(39-32(23)27-14-12-25(22-36)13-15-27)30-11-7-10-29(19-30)28-9-6-8-26(18-28)20-34-24(2)37/h6-15,18-19,23,31-33,36H,3-5,16-17,20-22H2,1-2H3,(H,34,37). The van der Waals surface area contributed by atoms with Crippen molar-refractivity contribution in [3.05, 3.63) is 95.1 Å². The van der Waals surface area contributed by atoms with E-state index >= 15 is 0 Å². The number of nitrogens with one attached hydrogen (secondary N) is 1. The van der Waals surface area contributed by atoms with Gasteiger partial charge in [0.15, 0.2) is 6.29 Å². The molecule has 206 valence electrons. The molecule has 6 nitrogen and oxygen atoms in total. The summed E-state index contributed by atoms with van der Waals surface area (Å²) in [4.78, 5) is 13.9. The largest absolute Gasteiger partial charge is 0.392 e. The van der Waals surface area contributed by atoms with Crippen molar-refractivity contribution in [1.29, 1.82) is 0 Å². The number of piperidine rings is 1. The molecule has 2 saturated heterocycles. The summed E-state index contributed by atoms with van der Waals surface area (Å²) in [6, 6.07) is 24.7. The fourth-order valence-electron chi connectivity index (χ4n) is 5.68. The van der Waals surface area contributed by atoms with Crippen molar-refractivity contribution in [3.8, 4) is 11.1 Å². The van der Waals surface area contributed by atoms with Gasteiger partial charge < -0.3 is 24.8 Å². The first kappa shape index (κ1) is 27.5. The Morgan fingerprint density at radius 1 is 0.897 bits per heavy atom. The second kappa shape index (κ2) is 12.9. The molecule has 5 rings (SSSR count). The van der Waals surface area contributed by atoms with E-state index in [4.69, 9.17) is 9.47 Å². The Bertz CT molecular complexity index is 1240. The number of hydrogen-bond donors (Lipinski definition) is 2. The molecule has 39 heavy (non-hydrogen) atoms. The highest BCUT2D eigenvalue weighted by Crippen LogP contribution is 2.42. The molecule has 3 aromatic rings. The minimum Gasteiger partial charge on any atom is -0.392 e. The molecular formula is C33H40N2O4. The van der Waals surface area contributed by atoms with Crippen molar-refractivity contribution in [2.24, 2.45) is 5.92 Å².